The lowest BCUT2D eigenvalue weighted by molar-refractivity contribution is -0.278. The Morgan fingerprint density at radius 3 is 2.15 bits per heavy atom. The van der Waals surface area contributed by atoms with Gasteiger partial charge in [-0.1, -0.05) is 36.9 Å². The third kappa shape index (κ3) is 4.85. The first-order chi connectivity index (χ1) is 9.58. The van der Waals surface area contributed by atoms with Gasteiger partial charge in [-0.25, -0.2) is 4.89 Å². The van der Waals surface area contributed by atoms with Crippen molar-refractivity contribution in [3.05, 3.63) is 42.0 Å². The van der Waals surface area contributed by atoms with Gasteiger partial charge in [0.1, 0.15) is 6.10 Å². The first kappa shape index (κ1) is 17.1. The molecule has 1 N–H and O–H groups in total. The van der Waals surface area contributed by atoms with Crippen LogP contribution in [0, 0.1) is 0 Å². The van der Waals surface area contributed by atoms with E-state index in [0.29, 0.717) is 19.3 Å². The number of hydrogen-bond donors (Lipinski definition) is 1. The molecule has 0 aliphatic heterocycles. The largest absolute Gasteiger partial charge is 0.395 e. The summed E-state index contributed by atoms with van der Waals surface area (Å²) in [7, 11) is -2.34. The Kier molecular flexibility index (Phi) is 7.11. The average Bonchev–Trinajstić information content (AvgIpc) is 2.45. The van der Waals surface area contributed by atoms with Crippen molar-refractivity contribution in [2.24, 2.45) is 0 Å². The first-order valence-corrected chi connectivity index (χ1v) is 9.41. The van der Waals surface area contributed by atoms with E-state index in [1.54, 1.807) is 6.08 Å². The fourth-order valence-corrected chi connectivity index (χ4v) is 4.69. The van der Waals surface area contributed by atoms with Crippen LogP contribution in [0.4, 0.5) is 0 Å². The van der Waals surface area contributed by atoms with Gasteiger partial charge in [-0.05, 0) is 31.5 Å². The van der Waals surface area contributed by atoms with E-state index in [1.807, 2.05) is 44.7 Å². The SMILES string of the molecule is C=Cc1ccc(C(C[Si](C)(OCC)OCC)OO)cc1. The summed E-state index contributed by atoms with van der Waals surface area (Å²) in [6, 6.07) is 8.26. The smallest absolute Gasteiger partial charge is 0.338 e. The van der Waals surface area contributed by atoms with Gasteiger partial charge in [-0.3, -0.25) is 5.26 Å². The minimum atomic E-state index is -2.34. The second-order valence-electron chi connectivity index (χ2n) is 4.67. The van der Waals surface area contributed by atoms with Crippen LogP contribution in [0.2, 0.25) is 12.6 Å². The highest BCUT2D eigenvalue weighted by molar-refractivity contribution is 6.66. The Hall–Kier alpha value is -0.983. The summed E-state index contributed by atoms with van der Waals surface area (Å²) < 4.78 is 11.6. The molecule has 0 saturated heterocycles. The summed E-state index contributed by atoms with van der Waals surface area (Å²) in [4.78, 5) is 4.65. The van der Waals surface area contributed by atoms with Gasteiger partial charge in [0.2, 0.25) is 0 Å². The van der Waals surface area contributed by atoms with E-state index >= 15 is 0 Å². The lowest BCUT2D eigenvalue weighted by Gasteiger charge is -2.28. The highest BCUT2D eigenvalue weighted by atomic mass is 28.4. The maximum atomic E-state index is 9.20. The zero-order chi connectivity index (χ0) is 15.0. The number of rotatable bonds is 9. The molecule has 0 fully saturated rings. The van der Waals surface area contributed by atoms with Crippen LogP contribution in [-0.2, 0) is 13.7 Å². The third-order valence-corrected chi connectivity index (χ3v) is 6.04. The molecule has 1 unspecified atom stereocenters. The predicted octanol–water partition coefficient (Wildman–Crippen LogP) is 4.01. The highest BCUT2D eigenvalue weighted by Gasteiger charge is 2.35. The Labute approximate surface area is 122 Å². The molecule has 20 heavy (non-hydrogen) atoms. The summed E-state index contributed by atoms with van der Waals surface area (Å²) in [6.45, 7) is 10.8. The molecule has 0 amide bonds. The summed E-state index contributed by atoms with van der Waals surface area (Å²) in [5, 5.41) is 9.20. The van der Waals surface area contributed by atoms with Crippen molar-refractivity contribution < 1.29 is 19.0 Å². The maximum Gasteiger partial charge on any atom is 0.338 e. The molecular formula is C15H24O4Si. The molecule has 4 nitrogen and oxygen atoms in total. The van der Waals surface area contributed by atoms with Crippen LogP contribution in [0.3, 0.4) is 0 Å². The first-order valence-electron chi connectivity index (χ1n) is 6.89. The van der Waals surface area contributed by atoms with Gasteiger partial charge in [-0.15, -0.1) is 0 Å². The van der Waals surface area contributed by atoms with E-state index in [2.05, 4.69) is 11.5 Å². The van der Waals surface area contributed by atoms with Crippen LogP contribution in [-0.4, -0.2) is 27.0 Å². The van der Waals surface area contributed by atoms with E-state index in [0.717, 1.165) is 11.1 Å². The van der Waals surface area contributed by atoms with Crippen molar-refractivity contribution in [1.29, 1.82) is 0 Å². The second kappa shape index (κ2) is 8.34. The molecule has 0 bridgehead atoms. The molecule has 0 saturated carbocycles. The predicted molar refractivity (Wildman–Crippen MR) is 82.7 cm³/mol. The van der Waals surface area contributed by atoms with E-state index in [-0.39, 0.29) is 0 Å². The van der Waals surface area contributed by atoms with E-state index in [4.69, 9.17) is 8.85 Å². The van der Waals surface area contributed by atoms with E-state index in [9.17, 15) is 5.26 Å². The minimum Gasteiger partial charge on any atom is -0.395 e. The van der Waals surface area contributed by atoms with Crippen molar-refractivity contribution in [3.8, 4) is 0 Å². The number of hydrogen-bond acceptors (Lipinski definition) is 4. The molecule has 112 valence electrons. The van der Waals surface area contributed by atoms with Crippen molar-refractivity contribution >= 4 is 14.6 Å². The Balaban J connectivity index is 2.85. The normalized spacial score (nSPS) is 13.2. The second-order valence-corrected chi connectivity index (χ2v) is 7.92. The summed E-state index contributed by atoms with van der Waals surface area (Å²) in [5.41, 5.74) is 1.93. The van der Waals surface area contributed by atoms with Crippen LogP contribution in [0.5, 0.6) is 0 Å². The zero-order valence-corrected chi connectivity index (χ0v) is 13.5. The van der Waals surface area contributed by atoms with Crippen molar-refractivity contribution in [2.45, 2.75) is 32.5 Å². The number of benzene rings is 1. The van der Waals surface area contributed by atoms with Crippen LogP contribution in [0.25, 0.3) is 6.08 Å². The van der Waals surface area contributed by atoms with E-state index < -0.39 is 14.7 Å². The summed E-state index contributed by atoms with van der Waals surface area (Å²) >= 11 is 0. The fraction of sp³-hybridized carbons (Fsp3) is 0.467. The van der Waals surface area contributed by atoms with Crippen LogP contribution in [0.1, 0.15) is 31.1 Å². The van der Waals surface area contributed by atoms with Gasteiger partial charge in [0, 0.05) is 19.3 Å². The summed E-state index contributed by atoms with van der Waals surface area (Å²) in [6.07, 6.45) is 1.33. The lowest BCUT2D eigenvalue weighted by atomic mass is 10.1. The topological polar surface area (TPSA) is 47.9 Å². The van der Waals surface area contributed by atoms with Gasteiger partial charge < -0.3 is 8.85 Å². The standard InChI is InChI=1S/C15H24O4Si/c1-5-13-8-10-14(11-9-13)15(19-16)12-20(4,17-6-2)18-7-3/h5,8-11,15-16H,1,6-7,12H2,2-4H3. The maximum absolute atomic E-state index is 9.20. The monoisotopic (exact) mass is 296 g/mol. The molecule has 1 atom stereocenters. The molecule has 1 aromatic carbocycles. The van der Waals surface area contributed by atoms with Gasteiger partial charge in [0.05, 0.1) is 0 Å². The van der Waals surface area contributed by atoms with E-state index in [1.165, 1.54) is 0 Å². The third-order valence-electron chi connectivity index (χ3n) is 3.13. The summed E-state index contributed by atoms with van der Waals surface area (Å²) in [5.74, 6) is 0. The average molecular weight is 296 g/mol. The van der Waals surface area contributed by atoms with Gasteiger partial charge >= 0.3 is 8.56 Å². The highest BCUT2D eigenvalue weighted by Crippen LogP contribution is 2.29. The van der Waals surface area contributed by atoms with Gasteiger partial charge in [0.25, 0.3) is 0 Å². The molecule has 0 radical (unpaired) electrons. The molecule has 0 aromatic heterocycles. The Morgan fingerprint density at radius 1 is 1.20 bits per heavy atom. The molecule has 5 heteroatoms. The van der Waals surface area contributed by atoms with Crippen molar-refractivity contribution in [2.75, 3.05) is 13.2 Å². The quantitative estimate of drug-likeness (QED) is 0.425. The Morgan fingerprint density at radius 2 is 1.75 bits per heavy atom. The van der Waals surface area contributed by atoms with Crippen LogP contribution >= 0.6 is 0 Å². The molecule has 0 aliphatic rings. The van der Waals surface area contributed by atoms with Gasteiger partial charge in [0.15, 0.2) is 0 Å². The molecule has 1 aromatic rings. The van der Waals surface area contributed by atoms with Crippen LogP contribution in [0.15, 0.2) is 30.8 Å². The molecular weight excluding hydrogens is 272 g/mol. The lowest BCUT2D eigenvalue weighted by Crippen LogP contribution is -2.40. The molecule has 0 spiro atoms. The van der Waals surface area contributed by atoms with Crippen molar-refractivity contribution in [1.82, 2.24) is 0 Å². The van der Waals surface area contributed by atoms with Crippen LogP contribution < -0.4 is 0 Å². The fourth-order valence-electron chi connectivity index (χ4n) is 2.17. The Bertz CT molecular complexity index is 399. The minimum absolute atomic E-state index is 0.441. The molecule has 1 rings (SSSR count). The van der Waals surface area contributed by atoms with Crippen molar-refractivity contribution in [3.63, 3.8) is 0 Å². The molecule has 0 aliphatic carbocycles. The zero-order valence-electron chi connectivity index (χ0n) is 12.5. The van der Waals surface area contributed by atoms with Gasteiger partial charge in [-0.2, -0.15) is 0 Å². The molecule has 0 heterocycles.